The van der Waals surface area contributed by atoms with Gasteiger partial charge in [0, 0.05) is 44.4 Å². The molecule has 2 nitrogen and oxygen atoms in total. The molecule has 0 unspecified atom stereocenters. The van der Waals surface area contributed by atoms with E-state index in [0.29, 0.717) is 0 Å². The van der Waals surface area contributed by atoms with Crippen molar-refractivity contribution in [3.05, 3.63) is 113 Å². The molecule has 3 heterocycles. The quantitative estimate of drug-likeness (QED) is 0.162. The Labute approximate surface area is 294 Å². The van der Waals surface area contributed by atoms with Gasteiger partial charge in [0.2, 0.25) is 0 Å². The van der Waals surface area contributed by atoms with Crippen molar-refractivity contribution < 1.29 is 0 Å². The number of benzene rings is 5. The molecule has 3 heteroatoms. The molecule has 0 radical (unpaired) electrons. The normalized spacial score (nSPS) is 14.4. The number of fused-ring (bicyclic) bond motifs is 7. The molecule has 2 aliphatic rings. The molecule has 0 aliphatic carbocycles. The number of hydrogen-bond donors (Lipinski definition) is 0. The van der Waals surface area contributed by atoms with Crippen LogP contribution in [0.1, 0.15) is 105 Å². The van der Waals surface area contributed by atoms with Crippen LogP contribution >= 0.6 is 0 Å². The van der Waals surface area contributed by atoms with E-state index >= 15 is 0 Å². The van der Waals surface area contributed by atoms with E-state index in [0.717, 1.165) is 0 Å². The summed E-state index contributed by atoms with van der Waals surface area (Å²) in [6.45, 7) is 28.4. The van der Waals surface area contributed by atoms with Crippen LogP contribution in [0.5, 0.6) is 0 Å². The molecule has 0 spiro atoms. The van der Waals surface area contributed by atoms with E-state index in [1.807, 2.05) is 0 Å². The van der Waals surface area contributed by atoms with Crippen LogP contribution < -0.4 is 15.8 Å². The van der Waals surface area contributed by atoms with Gasteiger partial charge in [-0.1, -0.05) is 150 Å². The molecule has 0 amide bonds. The van der Waals surface area contributed by atoms with E-state index in [9.17, 15) is 0 Å². The minimum absolute atomic E-state index is 0.00479. The van der Waals surface area contributed by atoms with Gasteiger partial charge in [0.25, 0.3) is 0 Å². The fourth-order valence-electron chi connectivity index (χ4n) is 8.35. The Kier molecular flexibility index (Phi) is 6.63. The lowest BCUT2D eigenvalue weighted by atomic mass is 9.44. The van der Waals surface area contributed by atoms with Gasteiger partial charge in [-0.05, 0) is 84.7 Å². The van der Waals surface area contributed by atoms with Gasteiger partial charge < -0.3 is 9.38 Å². The molecule has 2 aliphatic heterocycles. The lowest BCUT2D eigenvalue weighted by Crippen LogP contribution is -2.57. The van der Waals surface area contributed by atoms with E-state index < -0.39 is 0 Å². The molecule has 0 saturated heterocycles. The predicted octanol–water partition coefficient (Wildman–Crippen LogP) is 11.4. The first-order valence-electron chi connectivity index (χ1n) is 18.2. The molecule has 0 atom stereocenters. The summed E-state index contributed by atoms with van der Waals surface area (Å²) in [6.07, 6.45) is 0. The van der Waals surface area contributed by atoms with Crippen LogP contribution in [0.25, 0.3) is 32.9 Å². The summed E-state index contributed by atoms with van der Waals surface area (Å²) >= 11 is 0. The van der Waals surface area contributed by atoms with Crippen molar-refractivity contribution >= 4 is 56.6 Å². The Balaban J connectivity index is 1.59. The molecule has 248 valence electrons. The molecule has 0 N–H and O–H groups in total. The third-order valence-corrected chi connectivity index (χ3v) is 11.1. The van der Waals surface area contributed by atoms with Gasteiger partial charge in [0.1, 0.15) is 0 Å². The Bertz CT molecular complexity index is 2290. The molecule has 8 rings (SSSR count). The predicted molar refractivity (Wildman–Crippen MR) is 215 cm³/mol. The van der Waals surface area contributed by atoms with Gasteiger partial charge in [0.15, 0.2) is 0 Å². The van der Waals surface area contributed by atoms with Crippen LogP contribution in [-0.4, -0.2) is 11.3 Å². The first kappa shape index (κ1) is 32.0. The number of para-hydroxylation sites is 2. The van der Waals surface area contributed by atoms with Gasteiger partial charge in [0.05, 0.1) is 0 Å². The van der Waals surface area contributed by atoms with Gasteiger partial charge in [-0.25, -0.2) is 0 Å². The zero-order valence-corrected chi connectivity index (χ0v) is 31.6. The highest BCUT2D eigenvalue weighted by molar-refractivity contribution is 6.90. The second-order valence-corrected chi connectivity index (χ2v) is 18.8. The monoisotopic (exact) mass is 642 g/mol. The van der Waals surface area contributed by atoms with E-state index in [4.69, 9.17) is 0 Å². The summed E-state index contributed by atoms with van der Waals surface area (Å²) in [4.78, 5) is 2.65. The average Bonchev–Trinajstić information content (AvgIpc) is 3.35. The molecule has 0 saturated carbocycles. The highest BCUT2D eigenvalue weighted by atomic mass is 15.2. The van der Waals surface area contributed by atoms with Crippen molar-refractivity contribution in [3.63, 3.8) is 0 Å². The van der Waals surface area contributed by atoms with Gasteiger partial charge >= 0.3 is 6.85 Å². The Morgan fingerprint density at radius 3 is 1.71 bits per heavy atom. The van der Waals surface area contributed by atoms with Crippen molar-refractivity contribution in [2.75, 3.05) is 4.90 Å². The van der Waals surface area contributed by atoms with E-state index in [2.05, 4.69) is 183 Å². The highest BCUT2D eigenvalue weighted by Crippen LogP contribution is 2.49. The van der Waals surface area contributed by atoms with Crippen LogP contribution in [0, 0.1) is 0 Å². The SMILES string of the molecule is CC(C)(C)c1cc(N2c3cccc4c3B(c3cc(C(C)(C)C)cc(C(C)(C)C)c32)n2c3ccccc3c3cccc-4c32)cc(C(C)(C)C)c1. The van der Waals surface area contributed by atoms with Crippen LogP contribution in [0.3, 0.4) is 0 Å². The smallest absolute Gasteiger partial charge is 0.333 e. The molecule has 49 heavy (non-hydrogen) atoms. The number of anilines is 3. The van der Waals surface area contributed by atoms with Crippen LogP contribution in [0.15, 0.2) is 91.0 Å². The van der Waals surface area contributed by atoms with Crippen molar-refractivity contribution in [1.29, 1.82) is 0 Å². The van der Waals surface area contributed by atoms with Crippen LogP contribution in [-0.2, 0) is 21.7 Å². The summed E-state index contributed by atoms with van der Waals surface area (Å²) in [5.74, 6) is 0. The average molecular weight is 643 g/mol. The summed E-state index contributed by atoms with van der Waals surface area (Å²) in [5, 5.41) is 2.66. The lowest BCUT2D eigenvalue weighted by molar-refractivity contribution is 0.567. The first-order valence-corrected chi connectivity index (χ1v) is 18.2. The second-order valence-electron chi connectivity index (χ2n) is 18.8. The second kappa shape index (κ2) is 10.2. The Morgan fingerprint density at radius 1 is 0.510 bits per heavy atom. The Morgan fingerprint density at radius 2 is 1.08 bits per heavy atom. The zero-order valence-electron chi connectivity index (χ0n) is 31.6. The molecule has 0 fully saturated rings. The molecule has 5 aromatic carbocycles. The molecule has 6 aromatic rings. The van der Waals surface area contributed by atoms with Crippen molar-refractivity contribution in [2.45, 2.75) is 105 Å². The van der Waals surface area contributed by atoms with Gasteiger partial charge in [-0.2, -0.15) is 0 Å². The Hall–Kier alpha value is -4.24. The number of nitrogens with zero attached hydrogens (tertiary/aromatic N) is 2. The third-order valence-electron chi connectivity index (χ3n) is 11.1. The molecular weight excluding hydrogens is 591 g/mol. The lowest BCUT2D eigenvalue weighted by Gasteiger charge is -2.44. The van der Waals surface area contributed by atoms with E-state index in [-0.39, 0.29) is 28.5 Å². The maximum absolute atomic E-state index is 2.69. The van der Waals surface area contributed by atoms with Crippen molar-refractivity contribution in [1.82, 2.24) is 4.48 Å². The van der Waals surface area contributed by atoms with Crippen molar-refractivity contribution in [3.8, 4) is 11.1 Å². The zero-order chi connectivity index (χ0) is 35.0. The van der Waals surface area contributed by atoms with E-state index in [1.54, 1.807) is 0 Å². The summed E-state index contributed by atoms with van der Waals surface area (Å²) in [7, 11) is 0. The maximum atomic E-state index is 2.69. The highest BCUT2D eigenvalue weighted by Gasteiger charge is 2.45. The minimum Gasteiger partial charge on any atom is -0.375 e. The number of rotatable bonds is 1. The fraction of sp³-hybridized carbons (Fsp3) is 0.348. The number of hydrogen-bond acceptors (Lipinski definition) is 1. The van der Waals surface area contributed by atoms with E-state index in [1.165, 1.54) is 83.2 Å². The van der Waals surface area contributed by atoms with Crippen LogP contribution in [0.2, 0.25) is 0 Å². The number of aromatic nitrogens is 1. The van der Waals surface area contributed by atoms with Crippen LogP contribution in [0.4, 0.5) is 17.1 Å². The molecular formula is C46H51BN2. The summed E-state index contributed by atoms with van der Waals surface area (Å²) < 4.78 is 2.69. The molecule has 1 aromatic heterocycles. The largest absolute Gasteiger partial charge is 0.375 e. The third kappa shape index (κ3) is 4.75. The maximum Gasteiger partial charge on any atom is 0.333 e. The summed E-state index contributed by atoms with van der Waals surface area (Å²) in [6, 6.07) is 35.5. The molecule has 0 bridgehead atoms. The van der Waals surface area contributed by atoms with Gasteiger partial charge in [-0.15, -0.1) is 0 Å². The topological polar surface area (TPSA) is 8.17 Å². The first-order chi connectivity index (χ1) is 22.9. The van der Waals surface area contributed by atoms with Gasteiger partial charge in [-0.3, -0.25) is 0 Å². The minimum atomic E-state index is -0.0894. The van der Waals surface area contributed by atoms with Crippen molar-refractivity contribution in [2.24, 2.45) is 0 Å². The summed E-state index contributed by atoms with van der Waals surface area (Å²) in [5.41, 5.74) is 17.4. The fourth-order valence-corrected chi connectivity index (χ4v) is 8.35. The standard InChI is InChI=1S/C46H51BN2/c1-43(2,3)28-23-29(44(4,5)6)25-31(24-28)48-39-22-16-18-33-35-20-15-19-34-32-17-13-14-21-38(32)49(41(34)35)47(40(33)39)37-27-30(45(7,8)9)26-36(42(37)48)46(10,11)12/h13-27H,1-12H3.